The number of aryl methyl sites for hydroxylation is 1. The van der Waals surface area contributed by atoms with Crippen molar-refractivity contribution in [3.63, 3.8) is 0 Å². The highest BCUT2D eigenvalue weighted by atomic mass is 19.1. The van der Waals surface area contributed by atoms with Gasteiger partial charge in [-0.1, -0.05) is 13.8 Å². The summed E-state index contributed by atoms with van der Waals surface area (Å²) in [7, 11) is 0. The van der Waals surface area contributed by atoms with Crippen LogP contribution >= 0.6 is 0 Å². The van der Waals surface area contributed by atoms with E-state index < -0.39 is 0 Å². The van der Waals surface area contributed by atoms with Crippen molar-refractivity contribution in [3.8, 4) is 11.4 Å². The van der Waals surface area contributed by atoms with Gasteiger partial charge in [0.25, 0.3) is 0 Å². The first kappa shape index (κ1) is 18.5. The quantitative estimate of drug-likeness (QED) is 0.834. The Morgan fingerprint density at radius 3 is 2.42 bits per heavy atom. The van der Waals surface area contributed by atoms with Crippen molar-refractivity contribution in [2.75, 3.05) is 13.1 Å². The topological polar surface area (TPSA) is 46.1 Å². The Bertz CT molecular complexity index is 785. The van der Waals surface area contributed by atoms with Gasteiger partial charge >= 0.3 is 0 Å². The van der Waals surface area contributed by atoms with E-state index >= 15 is 0 Å². The predicted octanol–water partition coefficient (Wildman–Crippen LogP) is 3.95. The fourth-order valence-electron chi connectivity index (χ4n) is 3.63. The van der Waals surface area contributed by atoms with Crippen molar-refractivity contribution in [1.29, 1.82) is 0 Å². The molecule has 0 saturated heterocycles. The molecule has 0 N–H and O–H groups in total. The third kappa shape index (κ3) is 3.76. The molecular formula is C21H26FN3O. The van der Waals surface area contributed by atoms with Crippen LogP contribution in [0, 0.1) is 18.7 Å². The van der Waals surface area contributed by atoms with Crippen LogP contribution < -0.4 is 0 Å². The number of aromatic nitrogens is 2. The largest absolute Gasteiger partial charge is 0.342 e. The van der Waals surface area contributed by atoms with Crippen LogP contribution in [0.3, 0.4) is 0 Å². The van der Waals surface area contributed by atoms with Gasteiger partial charge in [0, 0.05) is 42.4 Å². The van der Waals surface area contributed by atoms with Gasteiger partial charge in [0.05, 0.1) is 0 Å². The van der Waals surface area contributed by atoms with Gasteiger partial charge < -0.3 is 4.90 Å². The van der Waals surface area contributed by atoms with Crippen LogP contribution in [0.4, 0.5) is 4.39 Å². The molecule has 0 spiro atoms. The lowest BCUT2D eigenvalue weighted by molar-refractivity contribution is -0.135. The van der Waals surface area contributed by atoms with Crippen LogP contribution in [-0.2, 0) is 17.6 Å². The summed E-state index contributed by atoms with van der Waals surface area (Å²) in [4.78, 5) is 24.1. The molecule has 0 aliphatic carbocycles. The van der Waals surface area contributed by atoms with Gasteiger partial charge in [-0.3, -0.25) is 4.79 Å². The average molecular weight is 355 g/mol. The zero-order chi connectivity index (χ0) is 18.7. The molecule has 0 radical (unpaired) electrons. The maximum absolute atomic E-state index is 13.2. The van der Waals surface area contributed by atoms with Gasteiger partial charge in [-0.15, -0.1) is 0 Å². The Morgan fingerprint density at radius 2 is 1.77 bits per heavy atom. The molecule has 0 unspecified atom stereocenters. The third-order valence-corrected chi connectivity index (χ3v) is 5.30. The number of halogens is 1. The van der Waals surface area contributed by atoms with Gasteiger partial charge in [0.15, 0.2) is 5.82 Å². The lowest BCUT2D eigenvalue weighted by Crippen LogP contribution is -2.37. The van der Waals surface area contributed by atoms with E-state index in [1.807, 2.05) is 11.8 Å². The van der Waals surface area contributed by atoms with Gasteiger partial charge in [0.2, 0.25) is 5.91 Å². The summed E-state index contributed by atoms with van der Waals surface area (Å²) in [5.41, 5.74) is 3.92. The fraction of sp³-hybridized carbons (Fsp3) is 0.476. The molecule has 0 bridgehead atoms. The van der Waals surface area contributed by atoms with Crippen LogP contribution in [0.25, 0.3) is 11.4 Å². The molecule has 4 nitrogen and oxygen atoms in total. The summed E-state index contributed by atoms with van der Waals surface area (Å²) < 4.78 is 13.2. The van der Waals surface area contributed by atoms with Gasteiger partial charge in [-0.05, 0) is 56.0 Å². The number of carbonyl (C=O) groups excluding carboxylic acids is 1. The zero-order valence-corrected chi connectivity index (χ0v) is 15.8. The van der Waals surface area contributed by atoms with E-state index in [1.165, 1.54) is 12.1 Å². The van der Waals surface area contributed by atoms with E-state index in [-0.39, 0.29) is 17.6 Å². The number of fused-ring (bicyclic) bond motifs is 1. The highest BCUT2D eigenvalue weighted by Crippen LogP contribution is 2.23. The second-order valence-corrected chi connectivity index (χ2v) is 6.90. The van der Waals surface area contributed by atoms with Crippen molar-refractivity contribution in [3.05, 3.63) is 47.0 Å². The fourth-order valence-corrected chi connectivity index (χ4v) is 3.63. The second kappa shape index (κ2) is 7.94. The first-order valence-electron chi connectivity index (χ1n) is 9.44. The van der Waals surface area contributed by atoms with Crippen molar-refractivity contribution in [2.45, 2.75) is 46.5 Å². The normalized spacial score (nSPS) is 14.3. The van der Waals surface area contributed by atoms with E-state index in [9.17, 15) is 9.18 Å². The second-order valence-electron chi connectivity index (χ2n) is 6.90. The Balaban J connectivity index is 1.85. The van der Waals surface area contributed by atoms with E-state index in [4.69, 9.17) is 4.98 Å². The van der Waals surface area contributed by atoms with Crippen LogP contribution in [0.1, 0.15) is 43.6 Å². The number of amides is 1. The minimum absolute atomic E-state index is 0.109. The first-order chi connectivity index (χ1) is 12.5. The SMILES string of the molecule is CCC(CC)C(=O)N1CCc2nc(-c3ccc(F)cc3)nc(C)c2CC1. The van der Waals surface area contributed by atoms with Gasteiger partial charge in [-0.2, -0.15) is 0 Å². The summed E-state index contributed by atoms with van der Waals surface area (Å²) in [6.07, 6.45) is 3.29. The summed E-state index contributed by atoms with van der Waals surface area (Å²) in [5.74, 6) is 0.724. The molecule has 26 heavy (non-hydrogen) atoms. The van der Waals surface area contributed by atoms with Crippen molar-refractivity contribution >= 4 is 5.91 Å². The summed E-state index contributed by atoms with van der Waals surface area (Å²) in [5, 5.41) is 0. The van der Waals surface area contributed by atoms with Crippen molar-refractivity contribution in [1.82, 2.24) is 14.9 Å². The van der Waals surface area contributed by atoms with Crippen molar-refractivity contribution < 1.29 is 9.18 Å². The molecule has 0 saturated carbocycles. The smallest absolute Gasteiger partial charge is 0.225 e. The third-order valence-electron chi connectivity index (χ3n) is 5.30. The van der Waals surface area contributed by atoms with Crippen LogP contribution in [-0.4, -0.2) is 33.9 Å². The van der Waals surface area contributed by atoms with Gasteiger partial charge in [0.1, 0.15) is 5.82 Å². The minimum Gasteiger partial charge on any atom is -0.342 e. The van der Waals surface area contributed by atoms with Crippen LogP contribution in [0.5, 0.6) is 0 Å². The lowest BCUT2D eigenvalue weighted by Gasteiger charge is -2.24. The first-order valence-corrected chi connectivity index (χ1v) is 9.44. The Labute approximate surface area is 154 Å². The number of rotatable bonds is 4. The highest BCUT2D eigenvalue weighted by Gasteiger charge is 2.25. The number of hydrogen-bond acceptors (Lipinski definition) is 3. The summed E-state index contributed by atoms with van der Waals surface area (Å²) in [6, 6.07) is 6.26. The molecule has 1 aliphatic rings. The molecule has 1 aromatic carbocycles. The zero-order valence-electron chi connectivity index (χ0n) is 15.8. The molecule has 5 heteroatoms. The number of nitrogens with zero attached hydrogens (tertiary/aromatic N) is 3. The van der Waals surface area contributed by atoms with Gasteiger partial charge in [-0.25, -0.2) is 14.4 Å². The average Bonchev–Trinajstić information content (AvgIpc) is 2.86. The molecule has 2 aromatic rings. The van der Waals surface area contributed by atoms with E-state index in [2.05, 4.69) is 18.8 Å². The standard InChI is InChI=1S/C21H26FN3O/c1-4-15(5-2)21(26)25-12-10-18-14(3)23-20(24-19(18)11-13-25)16-6-8-17(22)9-7-16/h6-9,15H,4-5,10-13H2,1-3H3. The molecule has 2 heterocycles. The molecule has 1 amide bonds. The molecule has 0 atom stereocenters. The monoisotopic (exact) mass is 355 g/mol. The maximum atomic E-state index is 13.2. The molecule has 0 fully saturated rings. The maximum Gasteiger partial charge on any atom is 0.225 e. The van der Waals surface area contributed by atoms with Crippen molar-refractivity contribution in [2.24, 2.45) is 5.92 Å². The van der Waals surface area contributed by atoms with E-state index in [1.54, 1.807) is 12.1 Å². The molecule has 1 aliphatic heterocycles. The predicted molar refractivity (Wildman–Crippen MR) is 100 cm³/mol. The number of hydrogen-bond donors (Lipinski definition) is 0. The highest BCUT2D eigenvalue weighted by molar-refractivity contribution is 5.78. The Hall–Kier alpha value is -2.30. The molecule has 138 valence electrons. The van der Waals surface area contributed by atoms with E-state index in [0.717, 1.165) is 54.7 Å². The molecular weight excluding hydrogens is 329 g/mol. The Morgan fingerprint density at radius 1 is 1.12 bits per heavy atom. The van der Waals surface area contributed by atoms with E-state index in [0.29, 0.717) is 12.4 Å². The number of carbonyl (C=O) groups is 1. The lowest BCUT2D eigenvalue weighted by atomic mass is 10.0. The minimum atomic E-state index is -0.268. The van der Waals surface area contributed by atoms with Crippen LogP contribution in [0.2, 0.25) is 0 Å². The summed E-state index contributed by atoms with van der Waals surface area (Å²) in [6.45, 7) is 7.56. The molecule has 3 rings (SSSR count). The number of benzene rings is 1. The van der Waals surface area contributed by atoms with Crippen LogP contribution in [0.15, 0.2) is 24.3 Å². The Kier molecular flexibility index (Phi) is 5.64. The molecule has 1 aromatic heterocycles. The summed E-state index contributed by atoms with van der Waals surface area (Å²) >= 11 is 0.